The molecule has 1 N–H and O–H groups in total. The van der Waals surface area contributed by atoms with Crippen molar-refractivity contribution < 1.29 is 38.6 Å². The third kappa shape index (κ3) is 5.00. The number of carbonyl (C=O) groups excluding carboxylic acids is 5. The van der Waals surface area contributed by atoms with Crippen molar-refractivity contribution in [2.45, 2.75) is 26.7 Å². The van der Waals surface area contributed by atoms with Gasteiger partial charge in [0.25, 0.3) is 0 Å². The van der Waals surface area contributed by atoms with E-state index in [1.807, 2.05) is 37.3 Å². The van der Waals surface area contributed by atoms with Crippen LogP contribution in [0.5, 0.6) is 11.5 Å². The number of benzene rings is 2. The molecule has 2 aromatic heterocycles. The summed E-state index contributed by atoms with van der Waals surface area (Å²) >= 11 is 7.84. The minimum Gasteiger partial charge on any atom is -0.504 e. The number of phenolic OH excluding ortho intramolecular Hbond substituents is 1. The summed E-state index contributed by atoms with van der Waals surface area (Å²) in [5.41, 5.74) is 1.73. The Kier molecular flexibility index (Phi) is 8.15. The molecule has 5 amide bonds. The summed E-state index contributed by atoms with van der Waals surface area (Å²) in [6, 6.07) is 12.3. The maximum absolute atomic E-state index is 14.9. The first-order chi connectivity index (χ1) is 25.3. The zero-order valence-corrected chi connectivity index (χ0v) is 31.0. The van der Waals surface area contributed by atoms with Crippen molar-refractivity contribution in [3.05, 3.63) is 76.3 Å². The number of aryl methyl sites for hydroxylation is 2. The Morgan fingerprint density at radius 2 is 1.83 bits per heavy atom. The summed E-state index contributed by atoms with van der Waals surface area (Å²) in [6.45, 7) is 3.77. The van der Waals surface area contributed by atoms with Gasteiger partial charge in [-0.05, 0) is 79.5 Å². The highest BCUT2D eigenvalue weighted by Crippen LogP contribution is 2.61. The average Bonchev–Trinajstić information content (AvgIpc) is 3.81. The number of nitrogens with zero attached hydrogens (tertiary/aromatic N) is 4. The number of rotatable bonds is 5. The van der Waals surface area contributed by atoms with Gasteiger partial charge in [-0.2, -0.15) is 10.00 Å². The third-order valence-electron chi connectivity index (χ3n) is 11.6. The topological polar surface area (TPSA) is 148 Å². The Morgan fingerprint density at radius 3 is 2.57 bits per heavy atom. The Balaban J connectivity index is 1.23. The molecule has 53 heavy (non-hydrogen) atoms. The molecule has 14 heteroatoms. The van der Waals surface area contributed by atoms with Gasteiger partial charge >= 0.3 is 6.09 Å². The quantitative estimate of drug-likeness (QED) is 0.178. The zero-order valence-electron chi connectivity index (χ0n) is 29.5. The van der Waals surface area contributed by atoms with E-state index in [1.165, 1.54) is 22.8 Å². The number of fused-ring (bicyclic) bond motifs is 5. The van der Waals surface area contributed by atoms with Crippen LogP contribution in [0.3, 0.4) is 0 Å². The fourth-order valence-electron chi connectivity index (χ4n) is 8.93. The highest BCUT2D eigenvalue weighted by molar-refractivity contribution is 7.22. The van der Waals surface area contributed by atoms with Crippen LogP contribution in [0.2, 0.25) is 5.02 Å². The molecule has 1 saturated carbocycles. The Hall–Kier alpha value is -5.27. The number of hydrogen-bond acceptors (Lipinski definition) is 10. The lowest BCUT2D eigenvalue weighted by Gasteiger charge is -2.47. The van der Waals surface area contributed by atoms with E-state index in [4.69, 9.17) is 26.2 Å². The van der Waals surface area contributed by atoms with Crippen LogP contribution in [-0.4, -0.2) is 63.7 Å². The van der Waals surface area contributed by atoms with Gasteiger partial charge in [-0.1, -0.05) is 41.5 Å². The number of amides is 5. The van der Waals surface area contributed by atoms with Crippen molar-refractivity contribution in [3.63, 3.8) is 0 Å². The van der Waals surface area contributed by atoms with Crippen molar-refractivity contribution in [1.29, 1.82) is 0 Å². The van der Waals surface area contributed by atoms with E-state index in [2.05, 4.69) is 0 Å². The summed E-state index contributed by atoms with van der Waals surface area (Å²) in [4.78, 5) is 72.1. The van der Waals surface area contributed by atoms with Gasteiger partial charge in [-0.25, -0.2) is 9.69 Å². The lowest BCUT2D eigenvalue weighted by atomic mass is 9.52. The van der Waals surface area contributed by atoms with E-state index in [-0.39, 0.29) is 24.3 Å². The van der Waals surface area contributed by atoms with Crippen LogP contribution >= 0.6 is 22.9 Å². The first kappa shape index (κ1) is 34.8. The van der Waals surface area contributed by atoms with Gasteiger partial charge in [0.05, 0.1) is 42.3 Å². The monoisotopic (exact) mass is 754 g/mol. The molecule has 2 saturated heterocycles. The van der Waals surface area contributed by atoms with Crippen LogP contribution in [0.25, 0.3) is 26.7 Å². The number of imide groups is 4. The predicted molar refractivity (Wildman–Crippen MR) is 197 cm³/mol. The molecule has 272 valence electrons. The molecule has 0 spiro atoms. The van der Waals surface area contributed by atoms with Crippen LogP contribution in [0.1, 0.15) is 30.9 Å². The molecule has 2 aromatic carbocycles. The smallest absolute Gasteiger partial charge is 0.423 e. The van der Waals surface area contributed by atoms with Crippen molar-refractivity contribution in [2.24, 2.45) is 42.1 Å². The van der Waals surface area contributed by atoms with Gasteiger partial charge in [0.15, 0.2) is 11.5 Å². The second-order valence-corrected chi connectivity index (χ2v) is 15.7. The first-order valence-corrected chi connectivity index (χ1v) is 18.3. The number of carbonyl (C=O) groups is 5. The number of halogens is 1. The maximum Gasteiger partial charge on any atom is 0.423 e. The molecule has 2 aliphatic carbocycles. The normalized spacial score (nSPS) is 26.7. The van der Waals surface area contributed by atoms with Gasteiger partial charge in [-0.15, -0.1) is 11.3 Å². The zero-order chi connectivity index (χ0) is 37.7. The molecule has 0 bridgehead atoms. The summed E-state index contributed by atoms with van der Waals surface area (Å²) in [6.07, 6.45) is 4.80. The number of aromatic nitrogens is 2. The second-order valence-electron chi connectivity index (χ2n) is 14.2. The summed E-state index contributed by atoms with van der Waals surface area (Å²) in [5, 5.41) is 16.6. The van der Waals surface area contributed by atoms with Gasteiger partial charge in [0.2, 0.25) is 23.6 Å². The minimum atomic E-state index is -1.29. The largest absolute Gasteiger partial charge is 0.504 e. The molecule has 4 aliphatic rings. The number of likely N-dealkylation sites (tertiary alicyclic amines) is 1. The van der Waals surface area contributed by atoms with Crippen LogP contribution in [0.4, 0.5) is 10.6 Å². The van der Waals surface area contributed by atoms with E-state index in [1.54, 1.807) is 49.6 Å². The number of allylic oxidation sites excluding steroid dienone is 3. The van der Waals surface area contributed by atoms with Crippen molar-refractivity contribution in [1.82, 2.24) is 14.7 Å². The Labute approximate surface area is 313 Å². The van der Waals surface area contributed by atoms with Crippen molar-refractivity contribution in [2.75, 3.05) is 19.1 Å². The average molecular weight is 755 g/mol. The molecule has 3 fully saturated rings. The van der Waals surface area contributed by atoms with Gasteiger partial charge in [0, 0.05) is 28.8 Å². The predicted octanol–water partition coefficient (Wildman–Crippen LogP) is 6.52. The molecule has 6 atom stereocenters. The third-order valence-corrected chi connectivity index (χ3v) is 13.1. The van der Waals surface area contributed by atoms with Crippen molar-refractivity contribution >= 4 is 74.6 Å². The fraction of sp³-hybridized carbons (Fsp3) is 0.333. The van der Waals surface area contributed by atoms with Crippen molar-refractivity contribution in [3.8, 4) is 22.1 Å². The van der Waals surface area contributed by atoms with E-state index in [0.717, 1.165) is 33.2 Å². The molecule has 0 unspecified atom stereocenters. The number of thiophene rings is 1. The summed E-state index contributed by atoms with van der Waals surface area (Å²) in [5.74, 6) is -5.45. The Bertz CT molecular complexity index is 2360. The molecule has 12 nitrogen and oxygen atoms in total. The molecular formula is C39H35ClN4O8S. The summed E-state index contributed by atoms with van der Waals surface area (Å²) < 4.78 is 12.6. The lowest BCUT2D eigenvalue weighted by Crippen LogP contribution is -2.49. The molecule has 4 aromatic rings. The number of methoxy groups -OCH3 is 2. The SMILES string of the molecule is COC(=O)N1C(=O)[C@H]2[C@H](CC=C3[C@H]2C[C@H]2C(=O)N(c4cc(-c5sc6ccc(Cl)cc6c5C)nn4C)C(=O)[C@@]2(C)[C@H]3C=Cc2ccc(O)c(OC)c2)C1=O. The Morgan fingerprint density at radius 1 is 1.06 bits per heavy atom. The second kappa shape index (κ2) is 12.4. The van der Waals surface area contributed by atoms with Crippen LogP contribution in [-0.2, 0) is 31.0 Å². The highest BCUT2D eigenvalue weighted by Gasteiger charge is 2.67. The molecule has 4 heterocycles. The number of aromatic hydroxyl groups is 1. The van der Waals surface area contributed by atoms with E-state index in [9.17, 15) is 29.1 Å². The van der Waals surface area contributed by atoms with Crippen LogP contribution in [0, 0.1) is 41.9 Å². The summed E-state index contributed by atoms with van der Waals surface area (Å²) in [7, 11) is 4.24. The van der Waals surface area contributed by atoms with E-state index >= 15 is 0 Å². The number of hydrogen-bond donors (Lipinski definition) is 1. The molecule has 2 aliphatic heterocycles. The highest BCUT2D eigenvalue weighted by atomic mass is 35.5. The standard InChI is InChI=1S/C39H35ClN4O8S/c1-18-23-15-20(40)8-13-30(23)53-33(18)27-17-31(42(3)41-27)43-35(47)26-16-24-21(9-10-22-32(24)36(48)44(34(22)46)38(50)52-5)25(39(26,2)37(43)49)11-6-19-7-12-28(45)29(14-19)51-4/h6-9,11-15,17,22,24-26,32,45H,10,16H2,1-5H3/t22-,24+,25-,26-,32-,39-/m0/s1. The van der Waals surface area contributed by atoms with E-state index < -0.39 is 64.7 Å². The van der Waals surface area contributed by atoms with Gasteiger partial charge < -0.3 is 14.6 Å². The van der Waals surface area contributed by atoms with E-state index in [0.29, 0.717) is 27.0 Å². The molecule has 8 rings (SSSR count). The molecule has 0 radical (unpaired) electrons. The number of ether oxygens (including phenoxy) is 2. The fourth-order valence-corrected chi connectivity index (χ4v) is 10.2. The van der Waals surface area contributed by atoms with Gasteiger partial charge in [-0.3, -0.25) is 23.9 Å². The van der Waals surface area contributed by atoms with Gasteiger partial charge in [0.1, 0.15) is 11.5 Å². The lowest BCUT2D eigenvalue weighted by molar-refractivity contribution is -0.138. The minimum absolute atomic E-state index is 0.0348. The van der Waals surface area contributed by atoms with Crippen LogP contribution < -0.4 is 9.64 Å². The number of phenols is 1. The number of anilines is 1. The maximum atomic E-state index is 14.9. The molecular weight excluding hydrogens is 720 g/mol. The first-order valence-electron chi connectivity index (χ1n) is 17.1. The van der Waals surface area contributed by atoms with Crippen LogP contribution in [0.15, 0.2) is 60.2 Å².